The summed E-state index contributed by atoms with van der Waals surface area (Å²) in [4.78, 5) is 4.47. The van der Waals surface area contributed by atoms with Crippen molar-refractivity contribution in [2.45, 2.75) is 30.7 Å². The largest absolute Gasteiger partial charge is 0.241 e. The van der Waals surface area contributed by atoms with Gasteiger partial charge in [-0.2, -0.15) is 5.10 Å². The van der Waals surface area contributed by atoms with Gasteiger partial charge < -0.3 is 0 Å². The molecule has 1 aliphatic heterocycles. The van der Waals surface area contributed by atoms with Crippen molar-refractivity contribution in [2.75, 3.05) is 11.5 Å². The summed E-state index contributed by atoms with van der Waals surface area (Å²) in [6, 6.07) is 5.75. The summed E-state index contributed by atoms with van der Waals surface area (Å²) >= 11 is 0. The van der Waals surface area contributed by atoms with E-state index in [0.29, 0.717) is 30.1 Å². The second kappa shape index (κ2) is 5.94. The summed E-state index contributed by atoms with van der Waals surface area (Å²) < 4.78 is 47.9. The lowest BCUT2D eigenvalue weighted by Gasteiger charge is -2.12. The third-order valence-corrected chi connectivity index (χ3v) is 6.67. The summed E-state index contributed by atoms with van der Waals surface area (Å²) in [6.07, 6.45) is 1.12. The highest BCUT2D eigenvalue weighted by Crippen LogP contribution is 2.28. The number of hydrogen-bond acceptors (Lipinski definition) is 6. The first-order chi connectivity index (χ1) is 11.2. The van der Waals surface area contributed by atoms with E-state index in [1.165, 1.54) is 12.1 Å². The second-order valence-corrected chi connectivity index (χ2v) is 9.57. The molecular weight excluding hydrogens is 352 g/mol. The highest BCUT2D eigenvalue weighted by Gasteiger charge is 2.32. The van der Waals surface area contributed by atoms with Crippen molar-refractivity contribution in [2.24, 2.45) is 5.14 Å². The van der Waals surface area contributed by atoms with Crippen molar-refractivity contribution in [1.29, 1.82) is 0 Å². The summed E-state index contributed by atoms with van der Waals surface area (Å²) in [5, 5.41) is 9.52. The first-order valence-electron chi connectivity index (χ1n) is 7.48. The number of rotatable bonds is 4. The van der Waals surface area contributed by atoms with E-state index in [1.807, 2.05) is 6.92 Å². The minimum atomic E-state index is -3.76. The highest BCUT2D eigenvalue weighted by molar-refractivity contribution is 7.91. The molecule has 2 heterocycles. The van der Waals surface area contributed by atoms with Gasteiger partial charge in [0.15, 0.2) is 21.5 Å². The molecule has 8 nitrogen and oxygen atoms in total. The van der Waals surface area contributed by atoms with Crippen LogP contribution in [0.25, 0.3) is 11.4 Å². The third kappa shape index (κ3) is 3.35. The maximum atomic E-state index is 11.8. The van der Waals surface area contributed by atoms with Crippen LogP contribution in [0.5, 0.6) is 0 Å². The monoisotopic (exact) mass is 370 g/mol. The van der Waals surface area contributed by atoms with E-state index in [1.54, 1.807) is 16.8 Å². The molecule has 24 heavy (non-hydrogen) atoms. The number of aromatic nitrogens is 3. The lowest BCUT2D eigenvalue weighted by atomic mass is 10.2. The van der Waals surface area contributed by atoms with Crippen LogP contribution >= 0.6 is 0 Å². The molecule has 0 bridgehead atoms. The minimum absolute atomic E-state index is 0.0106. The van der Waals surface area contributed by atoms with Crippen molar-refractivity contribution in [3.63, 3.8) is 0 Å². The lowest BCUT2D eigenvalue weighted by Crippen LogP contribution is -2.14. The standard InChI is InChI=1S/C14H18N4O4S2/c1-2-13-16-14(10-3-5-12(6-4-10)24(15,21)22)18(17-13)11-7-8-23(19,20)9-11/h3-6,11H,2,7-9H2,1H3,(H2,15,21,22)/t11-/m0/s1. The van der Waals surface area contributed by atoms with Crippen molar-refractivity contribution < 1.29 is 16.8 Å². The molecule has 1 fully saturated rings. The van der Waals surface area contributed by atoms with Crippen LogP contribution in [0.2, 0.25) is 0 Å². The van der Waals surface area contributed by atoms with E-state index < -0.39 is 19.9 Å². The molecular formula is C14H18N4O4S2. The molecule has 1 atom stereocenters. The maximum Gasteiger partial charge on any atom is 0.238 e. The second-order valence-electron chi connectivity index (χ2n) is 5.78. The molecule has 0 saturated carbocycles. The van der Waals surface area contributed by atoms with Crippen molar-refractivity contribution in [3.8, 4) is 11.4 Å². The number of aryl methyl sites for hydroxylation is 1. The SMILES string of the molecule is CCc1nc(-c2ccc(S(N)(=O)=O)cc2)n([C@H]2CCS(=O)(=O)C2)n1. The average Bonchev–Trinajstić information content (AvgIpc) is 3.09. The van der Waals surface area contributed by atoms with E-state index in [4.69, 9.17) is 5.14 Å². The van der Waals surface area contributed by atoms with Gasteiger partial charge in [0.1, 0.15) is 0 Å². The van der Waals surface area contributed by atoms with Crippen LogP contribution in [-0.4, -0.2) is 43.1 Å². The van der Waals surface area contributed by atoms with Crippen LogP contribution in [0.15, 0.2) is 29.2 Å². The lowest BCUT2D eigenvalue weighted by molar-refractivity contribution is 0.500. The minimum Gasteiger partial charge on any atom is -0.241 e. The molecule has 3 rings (SSSR count). The molecule has 1 aliphatic rings. The van der Waals surface area contributed by atoms with Crippen molar-refractivity contribution in [3.05, 3.63) is 30.1 Å². The predicted molar refractivity (Wildman–Crippen MR) is 88.5 cm³/mol. The Balaban J connectivity index is 2.03. The van der Waals surface area contributed by atoms with Gasteiger partial charge in [0.2, 0.25) is 10.0 Å². The molecule has 2 N–H and O–H groups in total. The van der Waals surface area contributed by atoms with E-state index >= 15 is 0 Å². The Morgan fingerprint density at radius 2 is 1.96 bits per heavy atom. The molecule has 10 heteroatoms. The number of nitrogens with two attached hydrogens (primary N) is 1. The maximum absolute atomic E-state index is 11.8. The van der Waals surface area contributed by atoms with E-state index in [0.717, 1.165) is 0 Å². The van der Waals surface area contributed by atoms with Crippen LogP contribution in [-0.2, 0) is 26.3 Å². The molecule has 1 aromatic carbocycles. The van der Waals surface area contributed by atoms with Gasteiger partial charge in [-0.25, -0.2) is 31.6 Å². The van der Waals surface area contributed by atoms with Gasteiger partial charge in [-0.3, -0.25) is 0 Å². The van der Waals surface area contributed by atoms with E-state index in [9.17, 15) is 16.8 Å². The summed E-state index contributed by atoms with van der Waals surface area (Å²) in [5.41, 5.74) is 0.666. The van der Waals surface area contributed by atoms with Crippen LogP contribution in [0.1, 0.15) is 25.2 Å². The zero-order chi connectivity index (χ0) is 17.5. The first-order valence-corrected chi connectivity index (χ1v) is 10.9. The number of sulfonamides is 1. The third-order valence-electron chi connectivity index (χ3n) is 3.99. The summed E-state index contributed by atoms with van der Waals surface area (Å²) in [5.74, 6) is 1.34. The van der Waals surface area contributed by atoms with Gasteiger partial charge in [-0.05, 0) is 30.7 Å². The molecule has 0 radical (unpaired) electrons. The Morgan fingerprint density at radius 3 is 2.46 bits per heavy atom. The van der Waals surface area contributed by atoms with Gasteiger partial charge in [0, 0.05) is 12.0 Å². The Hall–Kier alpha value is -1.78. The fourth-order valence-corrected chi connectivity index (χ4v) is 4.94. The molecule has 130 valence electrons. The summed E-state index contributed by atoms with van der Waals surface area (Å²) in [6.45, 7) is 1.92. The van der Waals surface area contributed by atoms with Crippen LogP contribution in [0.3, 0.4) is 0 Å². The molecule has 0 aliphatic carbocycles. The Labute approximate surface area is 140 Å². The van der Waals surface area contributed by atoms with Gasteiger partial charge in [-0.15, -0.1) is 0 Å². The number of benzene rings is 1. The van der Waals surface area contributed by atoms with Gasteiger partial charge in [-0.1, -0.05) is 6.92 Å². The fraction of sp³-hybridized carbons (Fsp3) is 0.429. The molecule has 0 amide bonds. The topological polar surface area (TPSA) is 125 Å². The number of primary sulfonamides is 1. The molecule has 1 saturated heterocycles. The number of sulfone groups is 1. The smallest absolute Gasteiger partial charge is 0.238 e. The summed E-state index contributed by atoms with van der Waals surface area (Å²) in [7, 11) is -6.82. The zero-order valence-electron chi connectivity index (χ0n) is 13.1. The van der Waals surface area contributed by atoms with Gasteiger partial charge in [0.25, 0.3) is 0 Å². The number of hydrogen-bond donors (Lipinski definition) is 1. The Kier molecular flexibility index (Phi) is 4.22. The highest BCUT2D eigenvalue weighted by atomic mass is 32.2. The van der Waals surface area contributed by atoms with Crippen molar-refractivity contribution in [1.82, 2.24) is 14.8 Å². The zero-order valence-corrected chi connectivity index (χ0v) is 14.7. The Morgan fingerprint density at radius 1 is 1.29 bits per heavy atom. The van der Waals surface area contributed by atoms with Crippen LogP contribution in [0, 0.1) is 0 Å². The fourth-order valence-electron chi connectivity index (χ4n) is 2.73. The van der Waals surface area contributed by atoms with Crippen molar-refractivity contribution >= 4 is 19.9 Å². The number of nitrogens with zero attached hydrogens (tertiary/aromatic N) is 3. The predicted octanol–water partition coefficient (Wildman–Crippen LogP) is 0.514. The average molecular weight is 370 g/mol. The molecule has 1 aromatic heterocycles. The van der Waals surface area contributed by atoms with Crippen LogP contribution in [0.4, 0.5) is 0 Å². The van der Waals surface area contributed by atoms with E-state index in [-0.39, 0.29) is 22.4 Å². The molecule has 0 unspecified atom stereocenters. The van der Waals surface area contributed by atoms with E-state index in [2.05, 4.69) is 10.1 Å². The van der Waals surface area contributed by atoms with Crippen LogP contribution < -0.4 is 5.14 Å². The van der Waals surface area contributed by atoms with Gasteiger partial charge in [0.05, 0.1) is 22.4 Å². The Bertz CT molecular complexity index is 963. The quantitative estimate of drug-likeness (QED) is 0.836. The normalized spacial score (nSPS) is 20.3. The first kappa shape index (κ1) is 17.1. The van der Waals surface area contributed by atoms with Gasteiger partial charge >= 0.3 is 0 Å². The molecule has 2 aromatic rings. The molecule has 0 spiro atoms.